The normalized spacial score (nSPS) is 13.8. The highest BCUT2D eigenvalue weighted by molar-refractivity contribution is 7.16. The summed E-state index contributed by atoms with van der Waals surface area (Å²) >= 11 is 13.7. The van der Waals surface area contributed by atoms with E-state index in [9.17, 15) is 4.79 Å². The fourth-order valence-electron chi connectivity index (χ4n) is 4.27. The number of halogens is 2. The molecule has 0 spiro atoms. The smallest absolute Gasteiger partial charge is 0.341 e. The Morgan fingerprint density at radius 3 is 2.75 bits per heavy atom. The number of nitrogens with zero attached hydrogens (tertiary/aromatic N) is 2. The second kappa shape index (κ2) is 11.0. The quantitative estimate of drug-likeness (QED) is 0.178. The average Bonchev–Trinajstić information content (AvgIpc) is 3.49. The predicted molar refractivity (Wildman–Crippen MR) is 146 cm³/mol. The van der Waals surface area contributed by atoms with Crippen LogP contribution in [0, 0.1) is 0 Å². The molecule has 1 aliphatic rings. The Kier molecular flexibility index (Phi) is 7.58. The van der Waals surface area contributed by atoms with Crippen LogP contribution in [-0.2, 0) is 24.2 Å². The summed E-state index contributed by atoms with van der Waals surface area (Å²) in [4.78, 5) is 21.1. The molecule has 0 aliphatic carbocycles. The lowest BCUT2D eigenvalue weighted by atomic mass is 10.0. The number of hydrogen-bond donors (Lipinski definition) is 0. The molecular weight excluding hydrogens is 515 g/mol. The summed E-state index contributed by atoms with van der Waals surface area (Å²) in [5.74, 6) is 0.903. The summed E-state index contributed by atoms with van der Waals surface area (Å²) in [7, 11) is 0. The molecule has 5 rings (SSSR count). The number of ether oxygens (including phenoxy) is 1. The van der Waals surface area contributed by atoms with Gasteiger partial charge in [0.2, 0.25) is 0 Å². The first-order valence-corrected chi connectivity index (χ1v) is 13.3. The van der Waals surface area contributed by atoms with Gasteiger partial charge in [0.05, 0.1) is 28.4 Å². The van der Waals surface area contributed by atoms with Crippen LogP contribution in [0.25, 0.3) is 11.3 Å². The van der Waals surface area contributed by atoms with Gasteiger partial charge in [0.15, 0.2) is 0 Å². The van der Waals surface area contributed by atoms with Crippen molar-refractivity contribution in [3.63, 3.8) is 0 Å². The van der Waals surface area contributed by atoms with Crippen LogP contribution in [-0.4, -0.2) is 30.2 Å². The molecule has 0 amide bonds. The van der Waals surface area contributed by atoms with E-state index in [0.717, 1.165) is 42.1 Å². The van der Waals surface area contributed by atoms with Crippen LogP contribution < -0.4 is 0 Å². The maximum absolute atomic E-state index is 12.9. The standard InChI is InChI=1S/C28H24Cl2N2O3S/c1-2-34-28(33)26-21-12-13-32(16-18-6-4-3-5-7-18)17-25(21)36-27(26)31-15-20-9-11-24(35-20)19-8-10-22(29)23(30)14-19/h3-11,14-15H,2,12-13,16-17H2,1H3. The maximum atomic E-state index is 12.9. The fraction of sp³-hybridized carbons (Fsp3) is 0.214. The van der Waals surface area contributed by atoms with E-state index in [-0.39, 0.29) is 5.97 Å². The molecule has 0 unspecified atom stereocenters. The highest BCUT2D eigenvalue weighted by Gasteiger charge is 2.28. The summed E-state index contributed by atoms with van der Waals surface area (Å²) in [6.07, 6.45) is 2.42. The van der Waals surface area contributed by atoms with Crippen LogP contribution >= 0.6 is 34.5 Å². The minimum atomic E-state index is -0.324. The highest BCUT2D eigenvalue weighted by Crippen LogP contribution is 2.40. The number of carbonyl (C=O) groups excluding carboxylic acids is 1. The van der Waals surface area contributed by atoms with Crippen molar-refractivity contribution in [2.75, 3.05) is 13.2 Å². The van der Waals surface area contributed by atoms with Gasteiger partial charge < -0.3 is 9.15 Å². The van der Waals surface area contributed by atoms with Gasteiger partial charge in [-0.15, -0.1) is 11.3 Å². The molecule has 4 aromatic rings. The second-order valence-electron chi connectivity index (χ2n) is 8.44. The van der Waals surface area contributed by atoms with Gasteiger partial charge >= 0.3 is 5.97 Å². The fourth-order valence-corrected chi connectivity index (χ4v) is 5.79. The Balaban J connectivity index is 1.39. The summed E-state index contributed by atoms with van der Waals surface area (Å²) < 4.78 is 11.3. The number of fused-ring (bicyclic) bond motifs is 1. The van der Waals surface area contributed by atoms with E-state index >= 15 is 0 Å². The summed E-state index contributed by atoms with van der Waals surface area (Å²) in [5.41, 5.74) is 3.72. The number of furan rings is 1. The second-order valence-corrected chi connectivity index (χ2v) is 10.3. The van der Waals surface area contributed by atoms with Gasteiger partial charge in [0, 0.05) is 30.1 Å². The zero-order chi connectivity index (χ0) is 25.1. The van der Waals surface area contributed by atoms with E-state index in [4.69, 9.17) is 32.4 Å². The number of esters is 1. The molecule has 2 aromatic carbocycles. The molecule has 8 heteroatoms. The molecule has 184 valence electrons. The number of hydrogen-bond acceptors (Lipinski definition) is 6. The third-order valence-corrected chi connectivity index (χ3v) is 7.85. The average molecular weight is 539 g/mol. The number of rotatable bonds is 7. The van der Waals surface area contributed by atoms with Crippen LogP contribution in [0.1, 0.15) is 39.0 Å². The third kappa shape index (κ3) is 5.42. The molecule has 36 heavy (non-hydrogen) atoms. The Bertz CT molecular complexity index is 1410. The molecule has 3 heterocycles. The molecule has 0 radical (unpaired) electrons. The molecule has 2 aromatic heterocycles. The zero-order valence-electron chi connectivity index (χ0n) is 19.7. The van der Waals surface area contributed by atoms with Crippen LogP contribution in [0.2, 0.25) is 10.0 Å². The van der Waals surface area contributed by atoms with E-state index in [1.165, 1.54) is 5.56 Å². The lowest BCUT2D eigenvalue weighted by Gasteiger charge is -2.27. The first kappa shape index (κ1) is 24.8. The van der Waals surface area contributed by atoms with Gasteiger partial charge in [-0.2, -0.15) is 0 Å². The van der Waals surface area contributed by atoms with Crippen molar-refractivity contribution in [1.82, 2.24) is 4.90 Å². The predicted octanol–water partition coefficient (Wildman–Crippen LogP) is 7.80. The van der Waals surface area contributed by atoms with E-state index in [2.05, 4.69) is 34.2 Å². The first-order valence-electron chi connectivity index (χ1n) is 11.7. The van der Waals surface area contributed by atoms with Gasteiger partial charge in [-0.3, -0.25) is 4.90 Å². The lowest BCUT2D eigenvalue weighted by molar-refractivity contribution is 0.0526. The molecular formula is C28H24Cl2N2O3S. The molecule has 0 saturated heterocycles. The van der Waals surface area contributed by atoms with Crippen LogP contribution in [0.3, 0.4) is 0 Å². The number of carbonyl (C=O) groups is 1. The van der Waals surface area contributed by atoms with Gasteiger partial charge in [-0.05, 0) is 54.8 Å². The van der Waals surface area contributed by atoms with Crippen LogP contribution in [0.4, 0.5) is 5.00 Å². The highest BCUT2D eigenvalue weighted by atomic mass is 35.5. The first-order chi connectivity index (χ1) is 17.5. The molecule has 1 aliphatic heterocycles. The van der Waals surface area contributed by atoms with Crippen molar-refractivity contribution in [3.05, 3.63) is 98.0 Å². The summed E-state index contributed by atoms with van der Waals surface area (Å²) in [6.45, 7) is 4.65. The van der Waals surface area contributed by atoms with Gasteiger partial charge in [-0.1, -0.05) is 53.5 Å². The lowest BCUT2D eigenvalue weighted by Crippen LogP contribution is -2.29. The summed E-state index contributed by atoms with van der Waals surface area (Å²) in [6, 6.07) is 19.5. The van der Waals surface area contributed by atoms with E-state index in [1.807, 2.05) is 31.2 Å². The SMILES string of the molecule is CCOC(=O)c1c(N=Cc2ccc(-c3ccc(Cl)c(Cl)c3)o2)sc2c1CCN(Cc1ccccc1)C2. The topological polar surface area (TPSA) is 55.0 Å². The van der Waals surface area contributed by atoms with E-state index < -0.39 is 0 Å². The van der Waals surface area contributed by atoms with Crippen molar-refractivity contribution >= 4 is 51.7 Å². The molecule has 0 bridgehead atoms. The number of aliphatic imine (C=N–C) groups is 1. The maximum Gasteiger partial charge on any atom is 0.341 e. The van der Waals surface area contributed by atoms with Crippen molar-refractivity contribution in [3.8, 4) is 11.3 Å². The minimum Gasteiger partial charge on any atom is -0.462 e. The van der Waals surface area contributed by atoms with Gasteiger partial charge in [0.25, 0.3) is 0 Å². The van der Waals surface area contributed by atoms with E-state index in [1.54, 1.807) is 29.7 Å². The van der Waals surface area contributed by atoms with Crippen LogP contribution in [0.15, 0.2) is 70.1 Å². The van der Waals surface area contributed by atoms with Crippen molar-refractivity contribution < 1.29 is 13.9 Å². The largest absolute Gasteiger partial charge is 0.462 e. The minimum absolute atomic E-state index is 0.317. The monoisotopic (exact) mass is 538 g/mol. The van der Waals surface area contributed by atoms with Crippen molar-refractivity contribution in [2.45, 2.75) is 26.4 Å². The Morgan fingerprint density at radius 2 is 1.97 bits per heavy atom. The molecule has 0 saturated carbocycles. The summed E-state index contributed by atoms with van der Waals surface area (Å²) in [5, 5.41) is 1.60. The zero-order valence-corrected chi connectivity index (χ0v) is 22.0. The van der Waals surface area contributed by atoms with Gasteiger partial charge in [0.1, 0.15) is 16.5 Å². The molecule has 0 fully saturated rings. The van der Waals surface area contributed by atoms with Crippen LogP contribution in [0.5, 0.6) is 0 Å². The Morgan fingerprint density at radius 1 is 1.14 bits per heavy atom. The van der Waals surface area contributed by atoms with Crippen molar-refractivity contribution in [2.24, 2.45) is 4.99 Å². The number of benzene rings is 2. The molecule has 5 nitrogen and oxygen atoms in total. The van der Waals surface area contributed by atoms with E-state index in [0.29, 0.717) is 38.7 Å². The van der Waals surface area contributed by atoms with Gasteiger partial charge in [-0.25, -0.2) is 9.79 Å². The molecule has 0 atom stereocenters. The third-order valence-electron chi connectivity index (χ3n) is 5.99. The Hall–Kier alpha value is -2.90. The molecule has 0 N–H and O–H groups in total. The Labute approximate surface area is 223 Å². The number of thiophene rings is 1. The van der Waals surface area contributed by atoms with Crippen molar-refractivity contribution in [1.29, 1.82) is 0 Å².